The van der Waals surface area contributed by atoms with E-state index in [1.54, 1.807) is 24.3 Å². The fraction of sp³-hybridized carbons (Fsp3) is 0.143. The highest BCUT2D eigenvalue weighted by Crippen LogP contribution is 2.26. The first kappa shape index (κ1) is 14.1. The van der Waals surface area contributed by atoms with Crippen molar-refractivity contribution >= 4 is 17.6 Å². The lowest BCUT2D eigenvalue weighted by Gasteiger charge is -2.08. The summed E-state index contributed by atoms with van der Waals surface area (Å²) in [6.07, 6.45) is 0. The standard InChI is InChI=1S/C14H12ClNO4/c1-2-19-12-4-3-5-13(16-12)20-9-6-7-11(15)10(8-9)14(17)18/h3-8H,2H2,1H3,(H,17,18). The van der Waals surface area contributed by atoms with Crippen LogP contribution >= 0.6 is 11.6 Å². The molecule has 1 aromatic carbocycles. The minimum Gasteiger partial charge on any atom is -0.478 e. The molecule has 6 heteroatoms. The zero-order chi connectivity index (χ0) is 14.5. The highest BCUT2D eigenvalue weighted by atomic mass is 35.5. The van der Waals surface area contributed by atoms with Gasteiger partial charge in [0.15, 0.2) is 0 Å². The van der Waals surface area contributed by atoms with E-state index in [1.165, 1.54) is 12.1 Å². The second-order valence-electron chi connectivity index (χ2n) is 3.80. The fourth-order valence-electron chi connectivity index (χ4n) is 1.53. The Kier molecular flexibility index (Phi) is 4.42. The second kappa shape index (κ2) is 6.25. The number of aromatic nitrogens is 1. The van der Waals surface area contributed by atoms with Crippen molar-refractivity contribution in [3.05, 3.63) is 47.0 Å². The maximum atomic E-state index is 11.0. The third-order valence-corrected chi connectivity index (χ3v) is 2.71. The third-order valence-electron chi connectivity index (χ3n) is 2.38. The van der Waals surface area contributed by atoms with Gasteiger partial charge in [-0.2, -0.15) is 4.98 Å². The Morgan fingerprint density at radius 3 is 2.75 bits per heavy atom. The molecule has 0 aliphatic rings. The molecule has 2 aromatic rings. The van der Waals surface area contributed by atoms with Crippen LogP contribution in [0.1, 0.15) is 17.3 Å². The minimum atomic E-state index is -1.11. The van der Waals surface area contributed by atoms with Crippen LogP contribution in [-0.2, 0) is 0 Å². The number of carbonyl (C=O) groups is 1. The lowest BCUT2D eigenvalue weighted by molar-refractivity contribution is 0.0696. The van der Waals surface area contributed by atoms with Crippen LogP contribution in [0.15, 0.2) is 36.4 Å². The second-order valence-corrected chi connectivity index (χ2v) is 4.20. The fourth-order valence-corrected chi connectivity index (χ4v) is 1.73. The van der Waals surface area contributed by atoms with Crippen molar-refractivity contribution in [2.45, 2.75) is 6.92 Å². The van der Waals surface area contributed by atoms with E-state index >= 15 is 0 Å². The molecule has 104 valence electrons. The summed E-state index contributed by atoms with van der Waals surface area (Å²) >= 11 is 5.79. The quantitative estimate of drug-likeness (QED) is 0.911. The molecule has 0 saturated carbocycles. The van der Waals surface area contributed by atoms with E-state index in [-0.39, 0.29) is 10.6 Å². The Hall–Kier alpha value is -2.27. The molecule has 1 N–H and O–H groups in total. The zero-order valence-corrected chi connectivity index (χ0v) is 11.4. The van der Waals surface area contributed by atoms with E-state index in [9.17, 15) is 4.79 Å². The molecule has 1 heterocycles. The van der Waals surface area contributed by atoms with Gasteiger partial charge >= 0.3 is 5.97 Å². The van der Waals surface area contributed by atoms with Crippen molar-refractivity contribution in [1.29, 1.82) is 0 Å². The van der Waals surface area contributed by atoms with Crippen molar-refractivity contribution in [2.24, 2.45) is 0 Å². The molecule has 0 amide bonds. The largest absolute Gasteiger partial charge is 0.478 e. The molecular weight excluding hydrogens is 282 g/mol. The van der Waals surface area contributed by atoms with Crippen molar-refractivity contribution in [2.75, 3.05) is 6.61 Å². The van der Waals surface area contributed by atoms with Crippen molar-refractivity contribution in [3.63, 3.8) is 0 Å². The zero-order valence-electron chi connectivity index (χ0n) is 10.7. The number of pyridine rings is 1. The number of carboxylic acids is 1. The summed E-state index contributed by atoms with van der Waals surface area (Å²) < 4.78 is 10.8. The summed E-state index contributed by atoms with van der Waals surface area (Å²) in [4.78, 5) is 15.1. The summed E-state index contributed by atoms with van der Waals surface area (Å²) in [6.45, 7) is 2.36. The number of carboxylic acid groups (broad SMARTS) is 1. The lowest BCUT2D eigenvalue weighted by Crippen LogP contribution is -1.99. The van der Waals surface area contributed by atoms with Gasteiger partial charge in [-0.15, -0.1) is 0 Å². The number of nitrogens with zero attached hydrogens (tertiary/aromatic N) is 1. The van der Waals surface area contributed by atoms with Crippen molar-refractivity contribution < 1.29 is 19.4 Å². The molecule has 0 bridgehead atoms. The van der Waals surface area contributed by atoms with Crippen LogP contribution < -0.4 is 9.47 Å². The third kappa shape index (κ3) is 3.39. The Balaban J connectivity index is 2.23. The number of ether oxygens (including phenoxy) is 2. The predicted molar refractivity (Wildman–Crippen MR) is 73.9 cm³/mol. The van der Waals surface area contributed by atoms with E-state index in [4.69, 9.17) is 26.2 Å². The van der Waals surface area contributed by atoms with Crippen LogP contribution in [0.4, 0.5) is 0 Å². The van der Waals surface area contributed by atoms with Crippen LogP contribution in [0.3, 0.4) is 0 Å². The Labute approximate surface area is 120 Å². The van der Waals surface area contributed by atoms with E-state index in [0.717, 1.165) is 0 Å². The summed E-state index contributed by atoms with van der Waals surface area (Å²) in [5.74, 6) is -0.0172. The average molecular weight is 294 g/mol. The van der Waals surface area contributed by atoms with Gasteiger partial charge in [-0.1, -0.05) is 17.7 Å². The normalized spacial score (nSPS) is 10.1. The Morgan fingerprint density at radius 1 is 1.30 bits per heavy atom. The van der Waals surface area contributed by atoms with Crippen LogP contribution in [0.2, 0.25) is 5.02 Å². The van der Waals surface area contributed by atoms with Gasteiger partial charge < -0.3 is 14.6 Å². The monoisotopic (exact) mass is 293 g/mol. The van der Waals surface area contributed by atoms with Crippen LogP contribution in [-0.4, -0.2) is 22.7 Å². The molecule has 20 heavy (non-hydrogen) atoms. The van der Waals surface area contributed by atoms with Gasteiger partial charge in [-0.25, -0.2) is 4.79 Å². The molecule has 1 aromatic heterocycles. The van der Waals surface area contributed by atoms with Gasteiger partial charge in [0.1, 0.15) is 5.75 Å². The molecular formula is C14H12ClNO4. The molecule has 0 spiro atoms. The first-order chi connectivity index (χ1) is 9.60. The van der Waals surface area contributed by atoms with Gasteiger partial charge in [0, 0.05) is 12.1 Å². The molecule has 0 fully saturated rings. The van der Waals surface area contributed by atoms with Crippen LogP contribution in [0.5, 0.6) is 17.5 Å². The maximum Gasteiger partial charge on any atom is 0.337 e. The minimum absolute atomic E-state index is 0.0230. The number of benzene rings is 1. The van der Waals surface area contributed by atoms with Gasteiger partial charge in [-0.3, -0.25) is 0 Å². The maximum absolute atomic E-state index is 11.0. The molecule has 0 saturated heterocycles. The molecule has 5 nitrogen and oxygen atoms in total. The molecule has 0 radical (unpaired) electrons. The first-order valence-corrected chi connectivity index (χ1v) is 6.28. The van der Waals surface area contributed by atoms with E-state index in [0.29, 0.717) is 24.1 Å². The summed E-state index contributed by atoms with van der Waals surface area (Å²) in [6, 6.07) is 9.48. The van der Waals surface area contributed by atoms with E-state index in [2.05, 4.69) is 4.98 Å². The summed E-state index contributed by atoms with van der Waals surface area (Å²) in [5.41, 5.74) is -0.0230. The first-order valence-electron chi connectivity index (χ1n) is 5.90. The van der Waals surface area contributed by atoms with Gasteiger partial charge in [0.2, 0.25) is 11.8 Å². The Bertz CT molecular complexity index is 630. The van der Waals surface area contributed by atoms with Gasteiger partial charge in [-0.05, 0) is 25.1 Å². The molecule has 0 aliphatic carbocycles. The van der Waals surface area contributed by atoms with Crippen molar-refractivity contribution in [1.82, 2.24) is 4.98 Å². The number of hydrogen-bond acceptors (Lipinski definition) is 4. The highest BCUT2D eigenvalue weighted by molar-refractivity contribution is 6.33. The smallest absolute Gasteiger partial charge is 0.337 e. The average Bonchev–Trinajstić information content (AvgIpc) is 2.41. The number of halogens is 1. The summed E-state index contributed by atoms with van der Waals surface area (Å²) in [5, 5.41) is 9.15. The van der Waals surface area contributed by atoms with Gasteiger partial charge in [0.05, 0.1) is 17.2 Å². The Morgan fingerprint density at radius 2 is 2.05 bits per heavy atom. The lowest BCUT2D eigenvalue weighted by atomic mass is 10.2. The van der Waals surface area contributed by atoms with Crippen molar-refractivity contribution in [3.8, 4) is 17.5 Å². The van der Waals surface area contributed by atoms with E-state index < -0.39 is 5.97 Å². The molecule has 0 unspecified atom stereocenters. The highest BCUT2D eigenvalue weighted by Gasteiger charge is 2.11. The van der Waals surface area contributed by atoms with Gasteiger partial charge in [0.25, 0.3) is 0 Å². The van der Waals surface area contributed by atoms with E-state index in [1.807, 2.05) is 6.92 Å². The number of rotatable bonds is 5. The molecule has 2 rings (SSSR count). The van der Waals surface area contributed by atoms with Crippen LogP contribution in [0.25, 0.3) is 0 Å². The molecule has 0 atom stereocenters. The summed E-state index contributed by atoms with van der Waals surface area (Å²) in [7, 11) is 0. The SMILES string of the molecule is CCOc1cccc(Oc2ccc(Cl)c(C(=O)O)c2)n1. The number of aromatic carboxylic acids is 1. The van der Waals surface area contributed by atoms with Crippen LogP contribution in [0, 0.1) is 0 Å². The topological polar surface area (TPSA) is 68.7 Å². The number of hydrogen-bond donors (Lipinski definition) is 1. The predicted octanol–water partition coefficient (Wildman–Crippen LogP) is 3.62. The molecule has 0 aliphatic heterocycles.